The second-order valence-electron chi connectivity index (χ2n) is 7.30. The van der Waals surface area contributed by atoms with E-state index in [0.29, 0.717) is 6.61 Å². The van der Waals surface area contributed by atoms with Crippen LogP contribution in [0.4, 0.5) is 10.2 Å². The highest BCUT2D eigenvalue weighted by atomic mass is 19.1. The van der Waals surface area contributed by atoms with Crippen molar-refractivity contribution >= 4 is 17.0 Å². The minimum absolute atomic E-state index is 0.247. The van der Waals surface area contributed by atoms with Gasteiger partial charge in [-0.25, -0.2) is 14.4 Å². The summed E-state index contributed by atoms with van der Waals surface area (Å²) in [7, 11) is 0. The molecule has 1 aliphatic rings. The van der Waals surface area contributed by atoms with Gasteiger partial charge < -0.3 is 19.9 Å². The summed E-state index contributed by atoms with van der Waals surface area (Å²) in [5.74, 6) is 2.24. The maximum absolute atomic E-state index is 13.0. The van der Waals surface area contributed by atoms with Crippen LogP contribution in [0.3, 0.4) is 0 Å². The van der Waals surface area contributed by atoms with Crippen molar-refractivity contribution in [2.75, 3.05) is 31.1 Å². The molecule has 1 aliphatic heterocycles. The van der Waals surface area contributed by atoms with Gasteiger partial charge in [0, 0.05) is 31.7 Å². The SMILES string of the molecule is Fc1ccc(COc2ccc(-c3nc4nc(N5CCNCC5)ccc4[nH]3)cc2)cc1. The fourth-order valence-electron chi connectivity index (χ4n) is 3.55. The van der Waals surface area contributed by atoms with Gasteiger partial charge in [-0.2, -0.15) is 0 Å². The van der Waals surface area contributed by atoms with Crippen LogP contribution in [0.1, 0.15) is 5.56 Å². The number of imidazole rings is 1. The van der Waals surface area contributed by atoms with E-state index in [1.54, 1.807) is 12.1 Å². The lowest BCUT2D eigenvalue weighted by molar-refractivity contribution is 0.306. The average molecular weight is 403 g/mol. The molecular weight excluding hydrogens is 381 g/mol. The number of benzene rings is 2. The Labute approximate surface area is 173 Å². The second kappa shape index (κ2) is 8.12. The lowest BCUT2D eigenvalue weighted by Crippen LogP contribution is -2.43. The van der Waals surface area contributed by atoms with E-state index in [2.05, 4.69) is 20.2 Å². The van der Waals surface area contributed by atoms with Crippen LogP contribution < -0.4 is 15.0 Å². The van der Waals surface area contributed by atoms with Gasteiger partial charge in [0.05, 0.1) is 5.52 Å². The number of H-pyrrole nitrogens is 1. The highest BCUT2D eigenvalue weighted by Crippen LogP contribution is 2.24. The highest BCUT2D eigenvalue weighted by molar-refractivity contribution is 5.77. The minimum Gasteiger partial charge on any atom is -0.489 e. The highest BCUT2D eigenvalue weighted by Gasteiger charge is 2.14. The third kappa shape index (κ3) is 3.97. The number of hydrogen-bond donors (Lipinski definition) is 2. The van der Waals surface area contributed by atoms with Gasteiger partial charge in [-0.1, -0.05) is 12.1 Å². The molecule has 2 N–H and O–H groups in total. The van der Waals surface area contributed by atoms with Crippen molar-refractivity contribution in [3.8, 4) is 17.1 Å². The van der Waals surface area contributed by atoms with Gasteiger partial charge in [-0.15, -0.1) is 0 Å². The lowest BCUT2D eigenvalue weighted by Gasteiger charge is -2.28. The molecular formula is C23H22FN5O. The molecule has 0 bridgehead atoms. The number of piperazine rings is 1. The molecule has 1 saturated heterocycles. The molecule has 6 nitrogen and oxygen atoms in total. The largest absolute Gasteiger partial charge is 0.489 e. The van der Waals surface area contributed by atoms with Crippen LogP contribution in [0, 0.1) is 5.82 Å². The van der Waals surface area contributed by atoms with Gasteiger partial charge in [-0.3, -0.25) is 0 Å². The Hall–Kier alpha value is -3.45. The van der Waals surface area contributed by atoms with Crippen molar-refractivity contribution in [2.24, 2.45) is 0 Å². The Morgan fingerprint density at radius 2 is 1.67 bits per heavy atom. The maximum Gasteiger partial charge on any atom is 0.180 e. The molecule has 1 fully saturated rings. The molecule has 30 heavy (non-hydrogen) atoms. The fourth-order valence-corrected chi connectivity index (χ4v) is 3.55. The van der Waals surface area contributed by atoms with Crippen LogP contribution in [-0.4, -0.2) is 41.1 Å². The van der Waals surface area contributed by atoms with Crippen LogP contribution in [-0.2, 0) is 6.61 Å². The second-order valence-corrected chi connectivity index (χ2v) is 7.30. The van der Waals surface area contributed by atoms with E-state index >= 15 is 0 Å². The monoisotopic (exact) mass is 403 g/mol. The predicted octanol–water partition coefficient (Wildman–Crippen LogP) is 3.75. The molecule has 0 amide bonds. The van der Waals surface area contributed by atoms with Gasteiger partial charge >= 0.3 is 0 Å². The van der Waals surface area contributed by atoms with E-state index in [9.17, 15) is 4.39 Å². The summed E-state index contributed by atoms with van der Waals surface area (Å²) in [6.07, 6.45) is 0. The first kappa shape index (κ1) is 18.6. The number of anilines is 1. The van der Waals surface area contributed by atoms with Crippen molar-refractivity contribution in [2.45, 2.75) is 6.61 Å². The Bertz CT molecular complexity index is 1130. The standard InChI is InChI=1S/C23H22FN5O/c24-18-5-1-16(2-6-18)15-30-19-7-3-17(4-8-19)22-26-20-9-10-21(27-23(20)28-22)29-13-11-25-12-14-29/h1-10,25H,11-15H2,(H,26,27,28). The normalized spacial score (nSPS) is 14.2. The zero-order valence-electron chi connectivity index (χ0n) is 16.4. The molecule has 0 atom stereocenters. The molecule has 3 heterocycles. The van der Waals surface area contributed by atoms with Crippen molar-refractivity contribution in [3.05, 3.63) is 72.0 Å². The maximum atomic E-state index is 13.0. The number of hydrogen-bond acceptors (Lipinski definition) is 5. The number of ether oxygens (including phenoxy) is 1. The summed E-state index contributed by atoms with van der Waals surface area (Å²) >= 11 is 0. The topological polar surface area (TPSA) is 66.1 Å². The van der Waals surface area contributed by atoms with Gasteiger partial charge in [0.25, 0.3) is 0 Å². The molecule has 0 unspecified atom stereocenters. The number of aromatic amines is 1. The van der Waals surface area contributed by atoms with Crippen LogP contribution in [0.2, 0.25) is 0 Å². The molecule has 7 heteroatoms. The van der Waals surface area contributed by atoms with E-state index in [4.69, 9.17) is 9.72 Å². The van der Waals surface area contributed by atoms with Crippen LogP contribution in [0.15, 0.2) is 60.7 Å². The molecule has 0 radical (unpaired) electrons. The van der Waals surface area contributed by atoms with Crippen LogP contribution >= 0.6 is 0 Å². The number of halogens is 1. The fraction of sp³-hybridized carbons (Fsp3) is 0.217. The number of pyridine rings is 1. The number of aromatic nitrogens is 3. The van der Waals surface area contributed by atoms with Gasteiger partial charge in [0.1, 0.15) is 29.8 Å². The first-order valence-electron chi connectivity index (χ1n) is 10.0. The molecule has 5 rings (SSSR count). The number of rotatable bonds is 5. The molecule has 152 valence electrons. The molecule has 0 spiro atoms. The van der Waals surface area contributed by atoms with E-state index in [1.807, 2.05) is 36.4 Å². The summed E-state index contributed by atoms with van der Waals surface area (Å²) in [6, 6.07) is 18.1. The summed E-state index contributed by atoms with van der Waals surface area (Å²) in [4.78, 5) is 15.0. The number of nitrogens with zero attached hydrogens (tertiary/aromatic N) is 3. The predicted molar refractivity (Wildman–Crippen MR) is 115 cm³/mol. The van der Waals surface area contributed by atoms with Crippen molar-refractivity contribution < 1.29 is 9.13 Å². The van der Waals surface area contributed by atoms with E-state index in [0.717, 1.165) is 65.9 Å². The van der Waals surface area contributed by atoms with Crippen molar-refractivity contribution in [1.29, 1.82) is 0 Å². The van der Waals surface area contributed by atoms with E-state index in [1.165, 1.54) is 12.1 Å². The zero-order chi connectivity index (χ0) is 20.3. The third-order valence-electron chi connectivity index (χ3n) is 5.22. The van der Waals surface area contributed by atoms with Gasteiger partial charge in [0.15, 0.2) is 5.65 Å². The van der Waals surface area contributed by atoms with Crippen molar-refractivity contribution in [1.82, 2.24) is 20.3 Å². The van der Waals surface area contributed by atoms with Gasteiger partial charge in [-0.05, 0) is 54.1 Å². The number of fused-ring (bicyclic) bond motifs is 1. The number of nitrogens with one attached hydrogen (secondary N) is 2. The smallest absolute Gasteiger partial charge is 0.180 e. The summed E-state index contributed by atoms with van der Waals surface area (Å²) in [6.45, 7) is 4.25. The summed E-state index contributed by atoms with van der Waals surface area (Å²) < 4.78 is 18.8. The minimum atomic E-state index is -0.247. The molecule has 0 aliphatic carbocycles. The quantitative estimate of drug-likeness (QED) is 0.531. The Morgan fingerprint density at radius 3 is 2.43 bits per heavy atom. The third-order valence-corrected chi connectivity index (χ3v) is 5.22. The molecule has 0 saturated carbocycles. The van der Waals surface area contributed by atoms with Crippen molar-refractivity contribution in [3.63, 3.8) is 0 Å². The van der Waals surface area contributed by atoms with Crippen LogP contribution in [0.25, 0.3) is 22.6 Å². The summed E-state index contributed by atoms with van der Waals surface area (Å²) in [5, 5.41) is 3.36. The molecule has 4 aromatic rings. The zero-order valence-corrected chi connectivity index (χ0v) is 16.4. The Balaban J connectivity index is 1.30. The first-order valence-corrected chi connectivity index (χ1v) is 10.0. The Morgan fingerprint density at radius 1 is 0.900 bits per heavy atom. The van der Waals surface area contributed by atoms with Crippen LogP contribution in [0.5, 0.6) is 5.75 Å². The van der Waals surface area contributed by atoms with E-state index < -0.39 is 0 Å². The lowest BCUT2D eigenvalue weighted by atomic mass is 10.2. The molecule has 2 aromatic heterocycles. The molecule has 2 aromatic carbocycles. The first-order chi connectivity index (χ1) is 14.7. The Kier molecular flexibility index (Phi) is 5.03. The summed E-state index contributed by atoms with van der Waals surface area (Å²) in [5.41, 5.74) is 3.52. The van der Waals surface area contributed by atoms with E-state index in [-0.39, 0.29) is 5.82 Å². The average Bonchev–Trinajstić information content (AvgIpc) is 3.23. The van der Waals surface area contributed by atoms with Gasteiger partial charge in [0.2, 0.25) is 0 Å².